The zero-order chi connectivity index (χ0) is 20.8. The summed E-state index contributed by atoms with van der Waals surface area (Å²) in [6.45, 7) is 0. The first-order valence-electron chi connectivity index (χ1n) is 8.63. The summed E-state index contributed by atoms with van der Waals surface area (Å²) in [5, 5.41) is 11.3. The fourth-order valence-electron chi connectivity index (χ4n) is 3.60. The summed E-state index contributed by atoms with van der Waals surface area (Å²) >= 11 is 0. The van der Waals surface area contributed by atoms with E-state index in [1.807, 2.05) is 0 Å². The van der Waals surface area contributed by atoms with Crippen LogP contribution in [0.3, 0.4) is 0 Å². The summed E-state index contributed by atoms with van der Waals surface area (Å²) in [4.78, 5) is 34.7. The molecule has 0 saturated heterocycles. The number of ketones is 2. The fourth-order valence-corrected chi connectivity index (χ4v) is 5.25. The molecule has 2 aromatic rings. The van der Waals surface area contributed by atoms with Crippen molar-refractivity contribution in [2.24, 2.45) is 5.92 Å². The molecule has 0 fully saturated rings. The number of hydrogen-bond donors (Lipinski definition) is 0. The van der Waals surface area contributed by atoms with Gasteiger partial charge in [0.15, 0.2) is 4.90 Å². The SMILES string of the molecule is O=C1C=CC2C(C1=O)C(c1ccccc1)=CN2S(=O)(=O)c1ccccc1[N+](=O)[O-]. The van der Waals surface area contributed by atoms with Gasteiger partial charge in [-0.25, -0.2) is 8.42 Å². The van der Waals surface area contributed by atoms with E-state index in [1.54, 1.807) is 30.3 Å². The molecule has 4 rings (SSSR count). The standard InChI is InChI=1S/C20H14N2O6S/c23-17-11-10-16-19(20(17)24)14(13-6-2-1-3-7-13)12-21(16)29(27,28)18-9-5-4-8-15(18)22(25)26/h1-12,16,19H. The normalized spacial score (nSPS) is 21.1. The highest BCUT2D eigenvalue weighted by Crippen LogP contribution is 2.42. The Morgan fingerprint density at radius 3 is 2.31 bits per heavy atom. The lowest BCUT2D eigenvalue weighted by Crippen LogP contribution is -2.42. The van der Waals surface area contributed by atoms with Crippen LogP contribution in [0.5, 0.6) is 0 Å². The average molecular weight is 410 g/mol. The van der Waals surface area contributed by atoms with Crippen molar-refractivity contribution in [1.29, 1.82) is 0 Å². The predicted molar refractivity (Wildman–Crippen MR) is 103 cm³/mol. The van der Waals surface area contributed by atoms with Gasteiger partial charge in [0.05, 0.1) is 16.9 Å². The van der Waals surface area contributed by atoms with Crippen LogP contribution >= 0.6 is 0 Å². The number of nitrogens with zero attached hydrogens (tertiary/aromatic N) is 2. The predicted octanol–water partition coefficient (Wildman–Crippen LogP) is 2.33. The van der Waals surface area contributed by atoms with E-state index in [2.05, 4.69) is 0 Å². The second-order valence-electron chi connectivity index (χ2n) is 6.57. The second-order valence-corrected chi connectivity index (χ2v) is 8.38. The van der Waals surface area contributed by atoms with Gasteiger partial charge in [0.25, 0.3) is 15.7 Å². The number of para-hydroxylation sites is 1. The van der Waals surface area contributed by atoms with Crippen LogP contribution in [-0.4, -0.2) is 35.3 Å². The van der Waals surface area contributed by atoms with Gasteiger partial charge in [-0.05, 0) is 23.3 Å². The van der Waals surface area contributed by atoms with Crippen molar-refractivity contribution in [2.45, 2.75) is 10.9 Å². The lowest BCUT2D eigenvalue weighted by atomic mass is 9.82. The zero-order valence-electron chi connectivity index (χ0n) is 14.8. The first-order chi connectivity index (χ1) is 13.8. The molecule has 0 N–H and O–H groups in total. The second kappa shape index (κ2) is 6.78. The Kier molecular flexibility index (Phi) is 4.39. The molecule has 2 aromatic carbocycles. The third-order valence-corrected chi connectivity index (χ3v) is 6.74. The summed E-state index contributed by atoms with van der Waals surface area (Å²) in [7, 11) is -4.37. The van der Waals surface area contributed by atoms with Crippen LogP contribution < -0.4 is 0 Å². The van der Waals surface area contributed by atoms with Crippen LogP contribution in [0, 0.1) is 16.0 Å². The highest BCUT2D eigenvalue weighted by Gasteiger charge is 2.48. The van der Waals surface area contributed by atoms with E-state index in [9.17, 15) is 28.1 Å². The van der Waals surface area contributed by atoms with Crippen LogP contribution in [0.4, 0.5) is 5.69 Å². The molecule has 0 aromatic heterocycles. The summed E-state index contributed by atoms with van der Waals surface area (Å²) in [5.74, 6) is -2.43. The topological polar surface area (TPSA) is 115 Å². The van der Waals surface area contributed by atoms with E-state index >= 15 is 0 Å². The maximum Gasteiger partial charge on any atom is 0.289 e. The van der Waals surface area contributed by atoms with Crippen LogP contribution in [0.2, 0.25) is 0 Å². The molecule has 1 aliphatic heterocycles. The maximum absolute atomic E-state index is 13.3. The number of nitro groups is 1. The molecule has 0 bridgehead atoms. The van der Waals surface area contributed by atoms with Gasteiger partial charge in [0, 0.05) is 12.3 Å². The quantitative estimate of drug-likeness (QED) is 0.434. The van der Waals surface area contributed by atoms with Crippen molar-refractivity contribution in [3.63, 3.8) is 0 Å². The van der Waals surface area contributed by atoms with E-state index in [4.69, 9.17) is 0 Å². The molecule has 29 heavy (non-hydrogen) atoms. The Balaban J connectivity index is 1.90. The van der Waals surface area contributed by atoms with Crippen LogP contribution in [0.1, 0.15) is 5.56 Å². The molecular weight excluding hydrogens is 396 g/mol. The highest BCUT2D eigenvalue weighted by atomic mass is 32.2. The van der Waals surface area contributed by atoms with Gasteiger partial charge in [0.1, 0.15) is 0 Å². The first-order valence-corrected chi connectivity index (χ1v) is 10.1. The lowest BCUT2D eigenvalue weighted by molar-refractivity contribution is -0.387. The van der Waals surface area contributed by atoms with Gasteiger partial charge in [-0.2, -0.15) is 0 Å². The van der Waals surface area contributed by atoms with Gasteiger partial charge in [-0.3, -0.25) is 24.0 Å². The van der Waals surface area contributed by atoms with Crippen molar-refractivity contribution < 1.29 is 22.9 Å². The van der Waals surface area contributed by atoms with E-state index in [0.29, 0.717) is 11.1 Å². The van der Waals surface area contributed by atoms with Crippen molar-refractivity contribution in [2.75, 3.05) is 0 Å². The fraction of sp³-hybridized carbons (Fsp3) is 0.100. The number of carbonyl (C=O) groups excluding carboxylic acids is 2. The van der Waals surface area contributed by atoms with Crippen LogP contribution in [0.25, 0.3) is 5.57 Å². The highest BCUT2D eigenvalue weighted by molar-refractivity contribution is 7.89. The number of allylic oxidation sites excluding steroid dienone is 1. The average Bonchev–Trinajstić information content (AvgIpc) is 3.12. The Labute approximate surface area is 166 Å². The number of carbonyl (C=O) groups is 2. The molecule has 146 valence electrons. The maximum atomic E-state index is 13.3. The van der Waals surface area contributed by atoms with Crippen LogP contribution in [-0.2, 0) is 19.6 Å². The van der Waals surface area contributed by atoms with E-state index in [-0.39, 0.29) is 0 Å². The summed E-state index contributed by atoms with van der Waals surface area (Å²) in [5.41, 5.74) is 0.410. The number of sulfonamides is 1. The monoisotopic (exact) mass is 410 g/mol. The molecule has 0 spiro atoms. The largest absolute Gasteiger partial charge is 0.290 e. The summed E-state index contributed by atoms with van der Waals surface area (Å²) in [6.07, 6.45) is 3.69. The number of fused-ring (bicyclic) bond motifs is 1. The molecule has 0 radical (unpaired) electrons. The van der Waals surface area contributed by atoms with E-state index in [0.717, 1.165) is 22.5 Å². The number of rotatable bonds is 4. The molecule has 8 nitrogen and oxygen atoms in total. The minimum Gasteiger partial charge on any atom is -0.290 e. The van der Waals surface area contributed by atoms with Gasteiger partial charge in [-0.1, -0.05) is 48.5 Å². The minimum atomic E-state index is -4.37. The van der Waals surface area contributed by atoms with Crippen molar-refractivity contribution in [1.82, 2.24) is 4.31 Å². The Bertz CT molecular complexity index is 1200. The van der Waals surface area contributed by atoms with Gasteiger partial charge in [-0.15, -0.1) is 0 Å². The Morgan fingerprint density at radius 1 is 0.966 bits per heavy atom. The number of nitro benzene ring substituents is 1. The molecule has 1 heterocycles. The molecule has 0 saturated carbocycles. The third kappa shape index (κ3) is 2.95. The van der Waals surface area contributed by atoms with Crippen molar-refractivity contribution >= 4 is 32.9 Å². The number of hydrogen-bond acceptors (Lipinski definition) is 6. The van der Waals surface area contributed by atoms with E-state index in [1.165, 1.54) is 24.4 Å². The number of benzene rings is 2. The Hall–Kier alpha value is -3.59. The molecule has 2 atom stereocenters. The third-order valence-electron chi connectivity index (χ3n) is 4.93. The minimum absolute atomic E-state index is 0.375. The van der Waals surface area contributed by atoms with Gasteiger partial charge in [0.2, 0.25) is 11.6 Å². The molecule has 9 heteroatoms. The van der Waals surface area contributed by atoms with Gasteiger partial charge < -0.3 is 0 Å². The molecule has 0 amide bonds. The number of Topliss-reactive ketones (excluding diaryl/α,β-unsaturated/α-hetero) is 1. The molecule has 2 unspecified atom stereocenters. The smallest absolute Gasteiger partial charge is 0.289 e. The van der Waals surface area contributed by atoms with E-state index < -0.39 is 49.1 Å². The zero-order valence-corrected chi connectivity index (χ0v) is 15.7. The lowest BCUT2D eigenvalue weighted by Gasteiger charge is -2.28. The van der Waals surface area contributed by atoms with Crippen LogP contribution in [0.15, 0.2) is 77.8 Å². The molecule has 1 aliphatic carbocycles. The van der Waals surface area contributed by atoms with Crippen molar-refractivity contribution in [3.8, 4) is 0 Å². The summed E-state index contributed by atoms with van der Waals surface area (Å²) in [6, 6.07) is 12.7. The van der Waals surface area contributed by atoms with Crippen molar-refractivity contribution in [3.05, 3.63) is 88.6 Å². The molecular formula is C20H14N2O6S. The summed E-state index contributed by atoms with van der Waals surface area (Å²) < 4.78 is 27.6. The van der Waals surface area contributed by atoms with Gasteiger partial charge >= 0.3 is 0 Å². The first kappa shape index (κ1) is 18.8. The Morgan fingerprint density at radius 2 is 1.62 bits per heavy atom. The molecule has 2 aliphatic rings.